The van der Waals surface area contributed by atoms with Crippen LogP contribution in [-0.4, -0.2) is 11.2 Å². The molecule has 1 aliphatic rings. The zero-order valence-corrected chi connectivity index (χ0v) is 15.2. The Morgan fingerprint density at radius 1 is 1.04 bits per heavy atom. The highest BCUT2D eigenvalue weighted by molar-refractivity contribution is 8.00. The number of carbonyl (C=O) groups is 1. The maximum Gasteiger partial charge on any atom is 0.255 e. The lowest BCUT2D eigenvalue weighted by atomic mass is 10.1. The number of halogens is 1. The van der Waals surface area contributed by atoms with Crippen molar-refractivity contribution >= 4 is 35.8 Å². The number of hydrogen-bond acceptors (Lipinski definition) is 3. The molecule has 3 nitrogen and oxygen atoms in total. The van der Waals surface area contributed by atoms with Gasteiger partial charge in [-0.2, -0.15) is 0 Å². The zero-order valence-electron chi connectivity index (χ0n) is 13.5. The molecule has 0 bridgehead atoms. The van der Waals surface area contributed by atoms with Crippen LogP contribution in [0.5, 0.6) is 0 Å². The first kappa shape index (κ1) is 18.8. The van der Waals surface area contributed by atoms with Gasteiger partial charge in [0.15, 0.2) is 0 Å². The maximum atomic E-state index is 12.2. The Morgan fingerprint density at radius 2 is 1.67 bits per heavy atom. The van der Waals surface area contributed by atoms with Crippen LogP contribution in [-0.2, 0) is 6.54 Å². The molecule has 0 aromatic heterocycles. The van der Waals surface area contributed by atoms with Gasteiger partial charge in [-0.15, -0.1) is 24.2 Å². The number of nitrogens with one attached hydrogen (secondary N) is 1. The Labute approximate surface area is 153 Å². The largest absolute Gasteiger partial charge is 0.326 e. The van der Waals surface area contributed by atoms with E-state index in [0.29, 0.717) is 12.1 Å². The average molecular weight is 363 g/mol. The van der Waals surface area contributed by atoms with Gasteiger partial charge in [0, 0.05) is 27.9 Å². The topological polar surface area (TPSA) is 55.1 Å². The lowest BCUT2D eigenvalue weighted by Gasteiger charge is -2.10. The van der Waals surface area contributed by atoms with E-state index in [1.807, 2.05) is 48.2 Å². The molecule has 24 heavy (non-hydrogen) atoms. The fraction of sp³-hybridized carbons (Fsp3) is 0.316. The molecule has 1 aliphatic carbocycles. The zero-order chi connectivity index (χ0) is 16.1. The van der Waals surface area contributed by atoms with Crippen molar-refractivity contribution in [2.75, 3.05) is 5.32 Å². The summed E-state index contributed by atoms with van der Waals surface area (Å²) < 4.78 is 0. The first-order chi connectivity index (χ1) is 11.2. The van der Waals surface area contributed by atoms with Crippen molar-refractivity contribution in [1.29, 1.82) is 0 Å². The molecule has 5 heteroatoms. The van der Waals surface area contributed by atoms with E-state index in [1.54, 1.807) is 0 Å². The summed E-state index contributed by atoms with van der Waals surface area (Å²) in [5.41, 5.74) is 8.06. The van der Waals surface area contributed by atoms with Gasteiger partial charge in [0.05, 0.1) is 0 Å². The normalized spacial score (nSPS) is 14.2. The van der Waals surface area contributed by atoms with Gasteiger partial charge >= 0.3 is 0 Å². The summed E-state index contributed by atoms with van der Waals surface area (Å²) in [6, 6.07) is 15.5. The molecule has 0 radical (unpaired) electrons. The fourth-order valence-corrected chi connectivity index (χ4v) is 4.06. The van der Waals surface area contributed by atoms with Crippen molar-refractivity contribution in [3.8, 4) is 0 Å². The molecule has 3 N–H and O–H groups in total. The first-order valence-electron chi connectivity index (χ1n) is 8.11. The van der Waals surface area contributed by atoms with E-state index in [0.717, 1.165) is 16.5 Å². The van der Waals surface area contributed by atoms with Gasteiger partial charge in [-0.05, 0) is 54.8 Å². The van der Waals surface area contributed by atoms with Crippen LogP contribution in [0.25, 0.3) is 0 Å². The number of hydrogen-bond donors (Lipinski definition) is 2. The quantitative estimate of drug-likeness (QED) is 0.799. The lowest BCUT2D eigenvalue weighted by Crippen LogP contribution is -2.12. The lowest BCUT2D eigenvalue weighted by molar-refractivity contribution is 0.102. The van der Waals surface area contributed by atoms with Crippen LogP contribution >= 0.6 is 24.2 Å². The van der Waals surface area contributed by atoms with Crippen LogP contribution in [0.1, 0.15) is 41.6 Å². The van der Waals surface area contributed by atoms with Crippen molar-refractivity contribution in [1.82, 2.24) is 0 Å². The van der Waals surface area contributed by atoms with E-state index in [4.69, 9.17) is 5.73 Å². The summed E-state index contributed by atoms with van der Waals surface area (Å²) in [6.45, 7) is 0.488. The van der Waals surface area contributed by atoms with Crippen molar-refractivity contribution in [2.45, 2.75) is 42.4 Å². The molecular formula is C19H23ClN2OS. The first-order valence-corrected chi connectivity index (χ1v) is 8.99. The third-order valence-electron chi connectivity index (χ3n) is 4.17. The summed E-state index contributed by atoms with van der Waals surface area (Å²) in [4.78, 5) is 13.5. The van der Waals surface area contributed by atoms with Crippen molar-refractivity contribution in [2.24, 2.45) is 5.73 Å². The van der Waals surface area contributed by atoms with E-state index in [-0.39, 0.29) is 18.3 Å². The Kier molecular flexibility index (Phi) is 7.16. The SMILES string of the molecule is Cl.NCc1ccc(C(=O)Nc2ccc(SC3CCCC3)cc2)cc1. The average Bonchev–Trinajstić information content (AvgIpc) is 3.10. The van der Waals surface area contributed by atoms with Gasteiger partial charge in [-0.1, -0.05) is 25.0 Å². The molecule has 0 spiro atoms. The van der Waals surface area contributed by atoms with Gasteiger partial charge < -0.3 is 11.1 Å². The van der Waals surface area contributed by atoms with Crippen LogP contribution < -0.4 is 11.1 Å². The molecular weight excluding hydrogens is 340 g/mol. The van der Waals surface area contributed by atoms with Crippen LogP contribution in [0, 0.1) is 0 Å². The number of rotatable bonds is 5. The predicted octanol–water partition coefficient (Wildman–Crippen LogP) is 4.85. The molecule has 3 rings (SSSR count). The fourth-order valence-electron chi connectivity index (χ4n) is 2.81. The summed E-state index contributed by atoms with van der Waals surface area (Å²) in [5, 5.41) is 3.70. The second-order valence-electron chi connectivity index (χ2n) is 5.90. The summed E-state index contributed by atoms with van der Waals surface area (Å²) in [7, 11) is 0. The van der Waals surface area contributed by atoms with E-state index in [2.05, 4.69) is 17.4 Å². The Hall–Kier alpha value is -1.49. The highest BCUT2D eigenvalue weighted by Crippen LogP contribution is 2.34. The van der Waals surface area contributed by atoms with Crippen LogP contribution in [0.3, 0.4) is 0 Å². The number of amides is 1. The minimum Gasteiger partial charge on any atom is -0.326 e. The maximum absolute atomic E-state index is 12.2. The third kappa shape index (κ3) is 5.00. The number of thioether (sulfide) groups is 1. The standard InChI is InChI=1S/C19H22N2OS.ClH/c20-13-14-5-7-15(8-6-14)19(22)21-16-9-11-18(12-10-16)23-17-3-1-2-4-17;/h5-12,17H,1-4,13,20H2,(H,21,22);1H. The van der Waals surface area contributed by atoms with E-state index < -0.39 is 0 Å². The molecule has 0 heterocycles. The minimum atomic E-state index is -0.0928. The summed E-state index contributed by atoms with van der Waals surface area (Å²) >= 11 is 1.95. The smallest absolute Gasteiger partial charge is 0.255 e. The van der Waals surface area contributed by atoms with Crippen LogP contribution in [0.2, 0.25) is 0 Å². The third-order valence-corrected chi connectivity index (χ3v) is 5.52. The van der Waals surface area contributed by atoms with Crippen molar-refractivity contribution in [3.63, 3.8) is 0 Å². The Morgan fingerprint density at radius 3 is 2.25 bits per heavy atom. The Balaban J connectivity index is 0.00000208. The van der Waals surface area contributed by atoms with E-state index in [9.17, 15) is 4.79 Å². The van der Waals surface area contributed by atoms with Gasteiger partial charge in [-0.25, -0.2) is 0 Å². The second kappa shape index (κ2) is 9.11. The van der Waals surface area contributed by atoms with E-state index >= 15 is 0 Å². The molecule has 0 atom stereocenters. The molecule has 0 aliphatic heterocycles. The second-order valence-corrected chi connectivity index (χ2v) is 7.28. The predicted molar refractivity (Wildman–Crippen MR) is 104 cm³/mol. The van der Waals surface area contributed by atoms with Crippen LogP contribution in [0.15, 0.2) is 53.4 Å². The number of nitrogens with two attached hydrogens (primary N) is 1. The van der Waals surface area contributed by atoms with Crippen molar-refractivity contribution in [3.05, 3.63) is 59.7 Å². The number of benzene rings is 2. The van der Waals surface area contributed by atoms with E-state index in [1.165, 1.54) is 30.6 Å². The summed E-state index contributed by atoms with van der Waals surface area (Å²) in [6.07, 6.45) is 5.35. The molecule has 1 fully saturated rings. The number of carbonyl (C=O) groups excluding carboxylic acids is 1. The van der Waals surface area contributed by atoms with Crippen LogP contribution in [0.4, 0.5) is 5.69 Å². The number of anilines is 1. The molecule has 2 aromatic carbocycles. The van der Waals surface area contributed by atoms with Gasteiger partial charge in [0.1, 0.15) is 0 Å². The molecule has 2 aromatic rings. The minimum absolute atomic E-state index is 0. The van der Waals surface area contributed by atoms with Gasteiger partial charge in [0.2, 0.25) is 0 Å². The Bertz CT molecular complexity index is 652. The highest BCUT2D eigenvalue weighted by atomic mass is 35.5. The molecule has 128 valence electrons. The highest BCUT2D eigenvalue weighted by Gasteiger charge is 2.16. The molecule has 1 amide bonds. The van der Waals surface area contributed by atoms with Gasteiger partial charge in [-0.3, -0.25) is 4.79 Å². The molecule has 0 unspecified atom stereocenters. The molecule has 1 saturated carbocycles. The van der Waals surface area contributed by atoms with Crippen molar-refractivity contribution < 1.29 is 4.79 Å². The molecule has 0 saturated heterocycles. The van der Waals surface area contributed by atoms with Gasteiger partial charge in [0.25, 0.3) is 5.91 Å². The summed E-state index contributed by atoms with van der Waals surface area (Å²) in [5.74, 6) is -0.0928. The monoisotopic (exact) mass is 362 g/mol.